The number of anilines is 2. The third-order valence-electron chi connectivity index (χ3n) is 4.04. The smallest absolute Gasteiger partial charge is 0.345 e. The summed E-state index contributed by atoms with van der Waals surface area (Å²) in [7, 11) is 0. The van der Waals surface area contributed by atoms with Crippen molar-refractivity contribution >= 4 is 33.2 Å². The fourth-order valence-corrected chi connectivity index (χ4v) is 3.17. The van der Waals surface area contributed by atoms with E-state index < -0.39 is 5.69 Å². The van der Waals surface area contributed by atoms with Crippen LogP contribution in [0.5, 0.6) is 0 Å². The predicted octanol–water partition coefficient (Wildman–Crippen LogP) is 0.258. The minimum Gasteiger partial charge on any atom is -0.382 e. The summed E-state index contributed by atoms with van der Waals surface area (Å²) in [5.74, 6) is -0.290. The Bertz CT molecular complexity index is 854. The van der Waals surface area contributed by atoms with E-state index in [1.807, 2.05) is 4.90 Å². The summed E-state index contributed by atoms with van der Waals surface area (Å²) >= 11 is 3.17. The van der Waals surface area contributed by atoms with E-state index in [-0.39, 0.29) is 29.8 Å². The number of piperidine rings is 1. The lowest BCUT2D eigenvalue weighted by Crippen LogP contribution is -2.43. The van der Waals surface area contributed by atoms with E-state index in [0.29, 0.717) is 22.5 Å². The number of carbonyl (C=O) groups excluding carboxylic acids is 1. The van der Waals surface area contributed by atoms with Crippen LogP contribution in [0.2, 0.25) is 0 Å². The van der Waals surface area contributed by atoms with Gasteiger partial charge in [0.15, 0.2) is 11.6 Å². The molecule has 0 amide bonds. The molecular formula is C15H18BrN7O2. The van der Waals surface area contributed by atoms with E-state index in [4.69, 9.17) is 11.5 Å². The van der Waals surface area contributed by atoms with Gasteiger partial charge in [-0.15, -0.1) is 0 Å². The molecule has 10 heteroatoms. The van der Waals surface area contributed by atoms with Crippen LogP contribution in [0, 0.1) is 0 Å². The molecule has 2 aromatic rings. The quantitative estimate of drug-likeness (QED) is 0.611. The van der Waals surface area contributed by atoms with Gasteiger partial charge in [-0.1, -0.05) is 0 Å². The standard InChI is InChI=1S/C15H18BrN7O2/c16-12-6-19-14(18)13(22-12)11(24)4-9-10(5-20-15(25)21-9)23-3-1-2-8(17)7-23/h5-6,8H,1-4,7,17H2,(H2,18,19)(H,20,21,25). The minimum atomic E-state index is -0.513. The molecule has 25 heavy (non-hydrogen) atoms. The fourth-order valence-electron chi connectivity index (χ4n) is 2.89. The van der Waals surface area contributed by atoms with Crippen molar-refractivity contribution in [2.45, 2.75) is 25.3 Å². The minimum absolute atomic E-state index is 0.0474. The summed E-state index contributed by atoms with van der Waals surface area (Å²) in [6.45, 7) is 1.44. The molecule has 2 aromatic heterocycles. The highest BCUT2D eigenvalue weighted by atomic mass is 79.9. The maximum atomic E-state index is 12.6. The van der Waals surface area contributed by atoms with Gasteiger partial charge >= 0.3 is 5.69 Å². The number of rotatable bonds is 4. The van der Waals surface area contributed by atoms with Crippen molar-refractivity contribution < 1.29 is 4.79 Å². The van der Waals surface area contributed by atoms with Gasteiger partial charge in [0.25, 0.3) is 0 Å². The van der Waals surface area contributed by atoms with Crippen molar-refractivity contribution in [2.75, 3.05) is 23.7 Å². The van der Waals surface area contributed by atoms with Crippen molar-refractivity contribution in [1.82, 2.24) is 19.9 Å². The van der Waals surface area contributed by atoms with Crippen LogP contribution in [-0.2, 0) is 6.42 Å². The molecule has 5 N–H and O–H groups in total. The van der Waals surface area contributed by atoms with E-state index in [1.54, 1.807) is 0 Å². The summed E-state index contributed by atoms with van der Waals surface area (Å²) in [5, 5.41) is 0. The molecule has 1 fully saturated rings. The molecule has 0 spiro atoms. The molecule has 3 heterocycles. The number of aromatic amines is 1. The van der Waals surface area contributed by atoms with E-state index >= 15 is 0 Å². The second-order valence-electron chi connectivity index (χ2n) is 5.93. The molecule has 0 aromatic carbocycles. The molecule has 1 atom stereocenters. The number of nitrogens with one attached hydrogen (secondary N) is 1. The Morgan fingerprint density at radius 3 is 2.96 bits per heavy atom. The number of nitrogens with two attached hydrogens (primary N) is 2. The van der Waals surface area contributed by atoms with Crippen LogP contribution >= 0.6 is 15.9 Å². The van der Waals surface area contributed by atoms with E-state index in [1.165, 1.54) is 12.4 Å². The number of ketones is 1. The van der Waals surface area contributed by atoms with Gasteiger partial charge in [0.2, 0.25) is 0 Å². The Balaban J connectivity index is 1.91. The molecule has 0 aliphatic carbocycles. The number of hydrogen-bond acceptors (Lipinski definition) is 8. The molecule has 0 bridgehead atoms. The first-order valence-electron chi connectivity index (χ1n) is 7.84. The number of halogens is 1. The van der Waals surface area contributed by atoms with E-state index in [0.717, 1.165) is 19.4 Å². The van der Waals surface area contributed by atoms with Crippen molar-refractivity contribution in [1.29, 1.82) is 0 Å². The highest BCUT2D eigenvalue weighted by Crippen LogP contribution is 2.23. The third kappa shape index (κ3) is 4.02. The molecule has 3 rings (SSSR count). The molecule has 132 valence electrons. The van der Waals surface area contributed by atoms with Crippen LogP contribution in [0.3, 0.4) is 0 Å². The predicted molar refractivity (Wildman–Crippen MR) is 96.5 cm³/mol. The number of hydrogen-bond donors (Lipinski definition) is 3. The van der Waals surface area contributed by atoms with Gasteiger partial charge in [-0.05, 0) is 28.8 Å². The molecule has 1 aliphatic rings. The molecule has 1 unspecified atom stereocenters. The van der Waals surface area contributed by atoms with Crippen molar-refractivity contribution in [2.24, 2.45) is 5.73 Å². The van der Waals surface area contributed by atoms with Crippen LogP contribution < -0.4 is 22.1 Å². The Hall–Kier alpha value is -2.33. The van der Waals surface area contributed by atoms with E-state index in [2.05, 4.69) is 35.9 Å². The normalized spacial score (nSPS) is 17.5. The van der Waals surface area contributed by atoms with Crippen molar-refractivity contribution in [3.63, 3.8) is 0 Å². The van der Waals surface area contributed by atoms with Crippen molar-refractivity contribution in [3.05, 3.63) is 38.9 Å². The molecule has 1 saturated heterocycles. The number of nitrogens with zero attached hydrogens (tertiary/aromatic N) is 4. The van der Waals surface area contributed by atoms with Gasteiger partial charge in [0.05, 0.1) is 30.2 Å². The van der Waals surface area contributed by atoms with Crippen LogP contribution in [0.4, 0.5) is 11.5 Å². The Morgan fingerprint density at radius 2 is 2.20 bits per heavy atom. The van der Waals surface area contributed by atoms with Gasteiger partial charge in [0, 0.05) is 19.1 Å². The summed E-state index contributed by atoms with van der Waals surface area (Å²) in [6, 6.07) is 0.0517. The van der Waals surface area contributed by atoms with Gasteiger partial charge in [-0.3, -0.25) is 4.79 Å². The van der Waals surface area contributed by atoms with Gasteiger partial charge in [0.1, 0.15) is 10.3 Å². The zero-order valence-corrected chi connectivity index (χ0v) is 15.0. The average Bonchev–Trinajstić information content (AvgIpc) is 2.57. The number of Topliss-reactive ketones (excluding diaryl/α,β-unsaturated/α-hetero) is 1. The zero-order valence-electron chi connectivity index (χ0n) is 13.4. The highest BCUT2D eigenvalue weighted by Gasteiger charge is 2.22. The van der Waals surface area contributed by atoms with Crippen LogP contribution in [0.15, 0.2) is 21.8 Å². The van der Waals surface area contributed by atoms with Crippen LogP contribution in [-0.4, -0.2) is 44.9 Å². The third-order valence-corrected chi connectivity index (χ3v) is 4.42. The second kappa shape index (κ2) is 7.28. The second-order valence-corrected chi connectivity index (χ2v) is 6.74. The maximum Gasteiger partial charge on any atom is 0.345 e. The summed E-state index contributed by atoms with van der Waals surface area (Å²) in [4.78, 5) is 40.7. The van der Waals surface area contributed by atoms with Crippen LogP contribution in [0.1, 0.15) is 29.0 Å². The summed E-state index contributed by atoms with van der Waals surface area (Å²) in [6.07, 6.45) is 4.73. The first-order chi connectivity index (χ1) is 11.9. The Kier molecular flexibility index (Phi) is 5.09. The molecule has 0 saturated carbocycles. The van der Waals surface area contributed by atoms with Gasteiger partial charge < -0.3 is 21.4 Å². The highest BCUT2D eigenvalue weighted by molar-refractivity contribution is 9.10. The molecule has 9 nitrogen and oxygen atoms in total. The maximum absolute atomic E-state index is 12.6. The Labute approximate surface area is 152 Å². The topological polar surface area (TPSA) is 144 Å². The zero-order chi connectivity index (χ0) is 18.0. The summed E-state index contributed by atoms with van der Waals surface area (Å²) < 4.78 is 0.412. The lowest BCUT2D eigenvalue weighted by atomic mass is 10.0. The monoisotopic (exact) mass is 407 g/mol. The first kappa shape index (κ1) is 17.5. The van der Waals surface area contributed by atoms with Crippen molar-refractivity contribution in [3.8, 4) is 0 Å². The fraction of sp³-hybridized carbons (Fsp3) is 0.400. The lowest BCUT2D eigenvalue weighted by molar-refractivity contribution is 0.0987. The largest absolute Gasteiger partial charge is 0.382 e. The van der Waals surface area contributed by atoms with Crippen LogP contribution in [0.25, 0.3) is 0 Å². The number of aromatic nitrogens is 4. The SMILES string of the molecule is Nc1ncc(Br)nc1C(=O)Cc1[nH]c(=O)ncc1N1CCCC(N)C1. The Morgan fingerprint density at radius 1 is 1.40 bits per heavy atom. The lowest BCUT2D eigenvalue weighted by Gasteiger charge is -2.33. The molecule has 1 aliphatic heterocycles. The summed E-state index contributed by atoms with van der Waals surface area (Å²) in [5.41, 5.74) is 12.5. The van der Waals surface area contributed by atoms with Gasteiger partial charge in [-0.25, -0.2) is 14.8 Å². The number of H-pyrrole nitrogens is 1. The first-order valence-corrected chi connectivity index (χ1v) is 8.63. The molecule has 0 radical (unpaired) electrons. The number of carbonyl (C=O) groups is 1. The molecular weight excluding hydrogens is 390 g/mol. The average molecular weight is 408 g/mol. The van der Waals surface area contributed by atoms with Gasteiger partial charge in [-0.2, -0.15) is 4.98 Å². The number of nitrogen functional groups attached to an aromatic ring is 1. The van der Waals surface area contributed by atoms with E-state index in [9.17, 15) is 9.59 Å².